The number of hydrogen-bond acceptors (Lipinski definition) is 3. The van der Waals surface area contributed by atoms with Crippen LogP contribution in [-0.2, 0) is 10.0 Å². The van der Waals surface area contributed by atoms with E-state index < -0.39 is 10.0 Å². The van der Waals surface area contributed by atoms with Gasteiger partial charge in [-0.3, -0.25) is 0 Å². The van der Waals surface area contributed by atoms with E-state index in [-0.39, 0.29) is 30.0 Å². The summed E-state index contributed by atoms with van der Waals surface area (Å²) in [6.07, 6.45) is 0. The van der Waals surface area contributed by atoms with Crippen molar-refractivity contribution in [3.05, 3.63) is 34.3 Å². The smallest absolute Gasteiger partial charge is 0.213 e. The SMILES string of the molecule is CN(C)S(=O)(=O)CC1CNCC1c1ccc(Br)cc1.Cl. The van der Waals surface area contributed by atoms with Crippen molar-refractivity contribution < 1.29 is 8.42 Å². The van der Waals surface area contributed by atoms with Gasteiger partial charge in [-0.1, -0.05) is 28.1 Å². The predicted octanol–water partition coefficient (Wildman–Crippen LogP) is 2.07. The van der Waals surface area contributed by atoms with E-state index in [1.807, 2.05) is 12.1 Å². The summed E-state index contributed by atoms with van der Waals surface area (Å²) in [4.78, 5) is 0. The maximum Gasteiger partial charge on any atom is 0.213 e. The van der Waals surface area contributed by atoms with E-state index in [9.17, 15) is 8.42 Å². The van der Waals surface area contributed by atoms with E-state index in [1.165, 1.54) is 9.87 Å². The Labute approximate surface area is 135 Å². The summed E-state index contributed by atoms with van der Waals surface area (Å²) in [5.74, 6) is 0.602. The summed E-state index contributed by atoms with van der Waals surface area (Å²) in [5.41, 5.74) is 1.20. The fourth-order valence-corrected chi connectivity index (χ4v) is 3.88. The van der Waals surface area contributed by atoms with Gasteiger partial charge in [0.1, 0.15) is 0 Å². The zero-order valence-corrected chi connectivity index (χ0v) is 14.8. The highest BCUT2D eigenvalue weighted by atomic mass is 79.9. The molecule has 7 heteroatoms. The lowest BCUT2D eigenvalue weighted by Crippen LogP contribution is -2.31. The van der Waals surface area contributed by atoms with Crippen molar-refractivity contribution in [3.63, 3.8) is 0 Å². The van der Waals surface area contributed by atoms with Gasteiger partial charge < -0.3 is 5.32 Å². The third kappa shape index (κ3) is 4.18. The first-order chi connectivity index (χ1) is 8.90. The number of hydrogen-bond donors (Lipinski definition) is 1. The highest BCUT2D eigenvalue weighted by Gasteiger charge is 2.32. The lowest BCUT2D eigenvalue weighted by atomic mass is 9.90. The summed E-state index contributed by atoms with van der Waals surface area (Å²) in [6, 6.07) is 8.14. The van der Waals surface area contributed by atoms with Crippen molar-refractivity contribution >= 4 is 38.4 Å². The Hall–Kier alpha value is -0.140. The molecule has 0 aliphatic carbocycles. The number of nitrogens with zero attached hydrogens (tertiary/aromatic N) is 1. The second-order valence-electron chi connectivity index (χ2n) is 5.14. The molecule has 2 atom stereocenters. The van der Waals surface area contributed by atoms with E-state index in [0.29, 0.717) is 0 Å². The minimum absolute atomic E-state index is 0. The molecule has 1 aromatic carbocycles. The van der Waals surface area contributed by atoms with Gasteiger partial charge in [0, 0.05) is 31.0 Å². The van der Waals surface area contributed by atoms with E-state index >= 15 is 0 Å². The molecule has 0 saturated carbocycles. The van der Waals surface area contributed by atoms with Crippen LogP contribution in [0.1, 0.15) is 11.5 Å². The maximum absolute atomic E-state index is 12.0. The molecule has 0 aromatic heterocycles. The second kappa shape index (κ2) is 7.22. The van der Waals surface area contributed by atoms with E-state index in [4.69, 9.17) is 0 Å². The van der Waals surface area contributed by atoms with Crippen molar-refractivity contribution in [2.75, 3.05) is 32.9 Å². The van der Waals surface area contributed by atoms with E-state index in [2.05, 4.69) is 33.4 Å². The first kappa shape index (κ1) is 17.9. The van der Waals surface area contributed by atoms with Gasteiger partial charge in [-0.2, -0.15) is 0 Å². The first-order valence-corrected chi connectivity index (χ1v) is 8.67. The Morgan fingerprint density at radius 1 is 1.25 bits per heavy atom. The molecule has 1 fully saturated rings. The first-order valence-electron chi connectivity index (χ1n) is 6.26. The van der Waals surface area contributed by atoms with Crippen LogP contribution in [0, 0.1) is 5.92 Å². The monoisotopic (exact) mass is 382 g/mol. The summed E-state index contributed by atoms with van der Waals surface area (Å²) in [6.45, 7) is 1.60. The van der Waals surface area contributed by atoms with E-state index in [1.54, 1.807) is 14.1 Å². The van der Waals surface area contributed by atoms with Crippen LogP contribution in [0.25, 0.3) is 0 Å². The molecule has 1 aliphatic heterocycles. The standard InChI is InChI=1S/C13H19BrN2O2S.ClH/c1-16(2)19(17,18)9-11-7-15-8-13(11)10-3-5-12(14)6-4-10;/h3-6,11,13,15H,7-9H2,1-2H3;1H. The van der Waals surface area contributed by atoms with Crippen molar-refractivity contribution in [3.8, 4) is 0 Å². The Morgan fingerprint density at radius 2 is 1.85 bits per heavy atom. The molecule has 0 amide bonds. The van der Waals surface area contributed by atoms with Crippen LogP contribution < -0.4 is 5.32 Å². The van der Waals surface area contributed by atoms with Crippen molar-refractivity contribution in [2.45, 2.75) is 5.92 Å². The van der Waals surface area contributed by atoms with Crippen LogP contribution in [-0.4, -0.2) is 45.7 Å². The van der Waals surface area contributed by atoms with Crippen LogP contribution in [0.4, 0.5) is 0 Å². The Balaban J connectivity index is 0.00000200. The summed E-state index contributed by atoms with van der Waals surface area (Å²) >= 11 is 3.42. The van der Waals surface area contributed by atoms with Crippen molar-refractivity contribution in [1.29, 1.82) is 0 Å². The number of halogens is 2. The lowest BCUT2D eigenvalue weighted by Gasteiger charge is -2.21. The highest BCUT2D eigenvalue weighted by molar-refractivity contribution is 9.10. The zero-order chi connectivity index (χ0) is 14.0. The average Bonchev–Trinajstić information content (AvgIpc) is 2.77. The minimum Gasteiger partial charge on any atom is -0.316 e. The number of rotatable bonds is 4. The fraction of sp³-hybridized carbons (Fsp3) is 0.538. The molecule has 0 bridgehead atoms. The molecule has 1 N–H and O–H groups in total. The molecule has 4 nitrogen and oxygen atoms in total. The summed E-state index contributed by atoms with van der Waals surface area (Å²) < 4.78 is 26.4. The van der Waals surface area contributed by atoms with Crippen LogP contribution >= 0.6 is 28.3 Å². The molecule has 114 valence electrons. The molecule has 2 unspecified atom stereocenters. The molecule has 2 rings (SSSR count). The van der Waals surface area contributed by atoms with Crippen molar-refractivity contribution in [2.24, 2.45) is 5.92 Å². The molecular formula is C13H20BrClN2O2S. The highest BCUT2D eigenvalue weighted by Crippen LogP contribution is 2.30. The van der Waals surface area contributed by atoms with Crippen LogP contribution in [0.2, 0.25) is 0 Å². The van der Waals surface area contributed by atoms with Crippen LogP contribution in [0.5, 0.6) is 0 Å². The molecule has 1 aromatic rings. The molecule has 1 heterocycles. The van der Waals surface area contributed by atoms with Gasteiger partial charge in [0.2, 0.25) is 10.0 Å². The lowest BCUT2D eigenvalue weighted by molar-refractivity contribution is 0.492. The van der Waals surface area contributed by atoms with E-state index in [0.717, 1.165) is 17.6 Å². The van der Waals surface area contributed by atoms with Gasteiger partial charge in [-0.05, 0) is 30.2 Å². The van der Waals surface area contributed by atoms with Gasteiger partial charge in [0.05, 0.1) is 5.75 Å². The quantitative estimate of drug-likeness (QED) is 0.866. The van der Waals surface area contributed by atoms with Crippen LogP contribution in [0.3, 0.4) is 0 Å². The number of nitrogens with one attached hydrogen (secondary N) is 1. The summed E-state index contributed by atoms with van der Waals surface area (Å²) in [5, 5.41) is 3.30. The van der Waals surface area contributed by atoms with Gasteiger partial charge in [-0.15, -0.1) is 12.4 Å². The third-order valence-electron chi connectivity index (χ3n) is 3.62. The van der Waals surface area contributed by atoms with Gasteiger partial charge in [0.15, 0.2) is 0 Å². The van der Waals surface area contributed by atoms with Gasteiger partial charge in [-0.25, -0.2) is 12.7 Å². The van der Waals surface area contributed by atoms with Gasteiger partial charge in [0.25, 0.3) is 0 Å². The normalized spacial score (nSPS) is 22.8. The molecule has 1 aliphatic rings. The number of sulfonamides is 1. The minimum atomic E-state index is -3.15. The molecule has 20 heavy (non-hydrogen) atoms. The molecule has 1 saturated heterocycles. The predicted molar refractivity (Wildman–Crippen MR) is 88.0 cm³/mol. The largest absolute Gasteiger partial charge is 0.316 e. The Morgan fingerprint density at radius 3 is 2.40 bits per heavy atom. The molecule has 0 spiro atoms. The molecular weight excluding hydrogens is 364 g/mol. The number of benzene rings is 1. The summed E-state index contributed by atoms with van der Waals surface area (Å²) in [7, 11) is 0.0326. The van der Waals surface area contributed by atoms with Crippen LogP contribution in [0.15, 0.2) is 28.7 Å². The fourth-order valence-electron chi connectivity index (χ4n) is 2.43. The zero-order valence-electron chi connectivity index (χ0n) is 11.5. The van der Waals surface area contributed by atoms with Gasteiger partial charge >= 0.3 is 0 Å². The third-order valence-corrected chi connectivity index (χ3v) is 6.11. The van der Waals surface area contributed by atoms with Crippen molar-refractivity contribution in [1.82, 2.24) is 9.62 Å². The topological polar surface area (TPSA) is 49.4 Å². The Bertz CT molecular complexity index is 534. The second-order valence-corrected chi connectivity index (χ2v) is 8.28. The Kier molecular flexibility index (Phi) is 6.47. The average molecular weight is 384 g/mol. The maximum atomic E-state index is 12.0. The molecule has 0 radical (unpaired) electrons.